The summed E-state index contributed by atoms with van der Waals surface area (Å²) in [5, 5.41) is 0. The van der Waals surface area contributed by atoms with Crippen LogP contribution in [-0.4, -0.2) is 25.6 Å². The van der Waals surface area contributed by atoms with Gasteiger partial charge in [0.05, 0.1) is 27.3 Å². The molecule has 0 N–H and O–H groups in total. The quantitative estimate of drug-likeness (QED) is 0.559. The average molecular weight is 164 g/mol. The molecule has 0 aromatic heterocycles. The summed E-state index contributed by atoms with van der Waals surface area (Å²) < 4.78 is 0.833. The summed E-state index contributed by atoms with van der Waals surface area (Å²) in [6.07, 6.45) is 1.88. The Bertz CT molecular complexity index is 169. The minimum atomic E-state index is 0.833. The second-order valence-electron chi connectivity index (χ2n) is 3.45. The van der Waals surface area contributed by atoms with E-state index in [9.17, 15) is 0 Å². The van der Waals surface area contributed by atoms with Crippen LogP contribution in [-0.2, 0) is 0 Å². The van der Waals surface area contributed by atoms with E-state index in [1.165, 1.54) is 0 Å². The van der Waals surface area contributed by atoms with Gasteiger partial charge in [-0.25, -0.2) is 0 Å². The first kappa shape index (κ1) is 10.9. The van der Waals surface area contributed by atoms with Crippen molar-refractivity contribution in [1.29, 1.82) is 0 Å². The highest BCUT2D eigenvalue weighted by atomic mass is 15.3. The summed E-state index contributed by atoms with van der Waals surface area (Å²) in [5.41, 5.74) is 0. The number of rotatable bonds is 1. The van der Waals surface area contributed by atoms with Crippen LogP contribution in [0, 0.1) is 0 Å². The van der Waals surface area contributed by atoms with E-state index in [1.807, 2.05) is 42.6 Å². The number of benzene rings is 1. The second kappa shape index (κ2) is 5.56. The fraction of sp³-hybridized carbons (Fsp3) is 0.273. The van der Waals surface area contributed by atoms with E-state index in [0.29, 0.717) is 0 Å². The lowest BCUT2D eigenvalue weighted by Gasteiger charge is -2.15. The van der Waals surface area contributed by atoms with Gasteiger partial charge in [0, 0.05) is 0 Å². The Morgan fingerprint density at radius 3 is 1.08 bits per heavy atom. The molecule has 0 bridgehead atoms. The molecule has 0 radical (unpaired) electrons. The minimum Gasteiger partial charge on any atom is -0.305 e. The fourth-order valence-corrected chi connectivity index (χ4v) is 0.385. The van der Waals surface area contributed by atoms with Crippen molar-refractivity contribution in [1.82, 2.24) is 0 Å². The Balaban J connectivity index is 0.000000202. The lowest BCUT2D eigenvalue weighted by Crippen LogP contribution is -2.25. The molecule has 0 heterocycles. The van der Waals surface area contributed by atoms with Crippen molar-refractivity contribution < 1.29 is 4.48 Å². The van der Waals surface area contributed by atoms with Crippen LogP contribution in [0.25, 0.3) is 0 Å². The van der Waals surface area contributed by atoms with Gasteiger partial charge in [-0.2, -0.15) is 0 Å². The molecule has 0 unspecified atom stereocenters. The van der Waals surface area contributed by atoms with Gasteiger partial charge >= 0.3 is 0 Å². The van der Waals surface area contributed by atoms with Crippen LogP contribution in [0.4, 0.5) is 0 Å². The fourth-order valence-electron chi connectivity index (χ4n) is 0.385. The number of quaternary nitrogens is 1. The maximum absolute atomic E-state index is 3.60. The molecular weight excluding hydrogens is 146 g/mol. The molecule has 0 saturated carbocycles. The maximum Gasteiger partial charge on any atom is 0.0879 e. The Kier molecular flexibility index (Phi) is 5.06. The van der Waals surface area contributed by atoms with E-state index in [1.54, 1.807) is 0 Å². The van der Waals surface area contributed by atoms with Crippen LogP contribution in [0.5, 0.6) is 0 Å². The van der Waals surface area contributed by atoms with Gasteiger partial charge in [-0.15, -0.1) is 0 Å². The first-order valence-electron chi connectivity index (χ1n) is 4.01. The summed E-state index contributed by atoms with van der Waals surface area (Å²) in [5.74, 6) is 0. The molecule has 0 aliphatic carbocycles. The smallest absolute Gasteiger partial charge is 0.0879 e. The molecular formula is C11H18N+. The van der Waals surface area contributed by atoms with Crippen molar-refractivity contribution in [3.05, 3.63) is 49.2 Å². The monoisotopic (exact) mass is 164 g/mol. The molecule has 0 amide bonds. The summed E-state index contributed by atoms with van der Waals surface area (Å²) in [6, 6.07) is 12.0. The number of hydrogen-bond donors (Lipinski definition) is 0. The van der Waals surface area contributed by atoms with Gasteiger partial charge < -0.3 is 4.48 Å². The molecule has 1 aromatic carbocycles. The van der Waals surface area contributed by atoms with Crippen LogP contribution in [0.15, 0.2) is 49.2 Å². The van der Waals surface area contributed by atoms with Crippen LogP contribution >= 0.6 is 0 Å². The highest BCUT2D eigenvalue weighted by Crippen LogP contribution is 1.85. The molecule has 0 saturated heterocycles. The predicted octanol–water partition coefficient (Wildman–Crippen LogP) is 2.52. The average Bonchev–Trinajstić information content (AvgIpc) is 2.07. The Hall–Kier alpha value is -1.08. The molecule has 0 fully saturated rings. The molecule has 0 aliphatic heterocycles. The highest BCUT2D eigenvalue weighted by Gasteiger charge is 1.94. The van der Waals surface area contributed by atoms with Crippen LogP contribution in [0.3, 0.4) is 0 Å². The topological polar surface area (TPSA) is 0 Å². The van der Waals surface area contributed by atoms with Gasteiger partial charge in [0.25, 0.3) is 0 Å². The molecule has 0 atom stereocenters. The molecule has 0 spiro atoms. The molecule has 66 valence electrons. The van der Waals surface area contributed by atoms with E-state index in [4.69, 9.17) is 0 Å². The zero-order valence-electron chi connectivity index (χ0n) is 8.20. The Labute approximate surface area is 75.5 Å². The summed E-state index contributed by atoms with van der Waals surface area (Å²) >= 11 is 0. The first-order valence-corrected chi connectivity index (χ1v) is 4.01. The SMILES string of the molecule is C=C[N+](C)(C)C.c1ccccc1. The minimum absolute atomic E-state index is 0.833. The van der Waals surface area contributed by atoms with Crippen molar-refractivity contribution in [3.8, 4) is 0 Å². The lowest BCUT2D eigenvalue weighted by atomic mass is 10.4. The maximum atomic E-state index is 3.60. The van der Waals surface area contributed by atoms with Gasteiger partial charge in [-0.05, 0) is 6.58 Å². The van der Waals surface area contributed by atoms with Crippen LogP contribution in [0.1, 0.15) is 0 Å². The third kappa shape index (κ3) is 8.92. The Morgan fingerprint density at radius 2 is 1.00 bits per heavy atom. The van der Waals surface area contributed by atoms with Crippen molar-refractivity contribution in [2.24, 2.45) is 0 Å². The molecule has 1 heteroatoms. The number of hydrogen-bond acceptors (Lipinski definition) is 0. The predicted molar refractivity (Wildman–Crippen MR) is 54.7 cm³/mol. The van der Waals surface area contributed by atoms with E-state index in [0.717, 1.165) is 4.48 Å². The highest BCUT2D eigenvalue weighted by molar-refractivity contribution is 4.99. The van der Waals surface area contributed by atoms with Gasteiger partial charge in [-0.1, -0.05) is 36.4 Å². The molecule has 12 heavy (non-hydrogen) atoms. The normalized spacial score (nSPS) is 9.58. The van der Waals surface area contributed by atoms with Crippen molar-refractivity contribution in [2.45, 2.75) is 0 Å². The molecule has 1 rings (SSSR count). The molecule has 1 aromatic rings. The summed E-state index contributed by atoms with van der Waals surface area (Å²) in [4.78, 5) is 0. The lowest BCUT2D eigenvalue weighted by molar-refractivity contribution is -0.816. The molecule has 0 aliphatic rings. The van der Waals surface area contributed by atoms with Crippen LogP contribution in [0.2, 0.25) is 0 Å². The van der Waals surface area contributed by atoms with Crippen molar-refractivity contribution >= 4 is 0 Å². The summed E-state index contributed by atoms with van der Waals surface area (Å²) in [7, 11) is 6.19. The van der Waals surface area contributed by atoms with Gasteiger partial charge in [0.1, 0.15) is 0 Å². The van der Waals surface area contributed by atoms with E-state index >= 15 is 0 Å². The van der Waals surface area contributed by atoms with E-state index < -0.39 is 0 Å². The number of nitrogens with zero attached hydrogens (tertiary/aromatic N) is 1. The van der Waals surface area contributed by atoms with Gasteiger partial charge in [-0.3, -0.25) is 0 Å². The molecule has 1 nitrogen and oxygen atoms in total. The first-order chi connectivity index (χ1) is 5.56. The zero-order chi connectivity index (χ0) is 9.45. The summed E-state index contributed by atoms with van der Waals surface area (Å²) in [6.45, 7) is 3.60. The van der Waals surface area contributed by atoms with Crippen molar-refractivity contribution in [2.75, 3.05) is 21.1 Å². The van der Waals surface area contributed by atoms with Gasteiger partial charge in [0.2, 0.25) is 0 Å². The van der Waals surface area contributed by atoms with Crippen LogP contribution < -0.4 is 0 Å². The van der Waals surface area contributed by atoms with E-state index in [-0.39, 0.29) is 0 Å². The third-order valence-corrected chi connectivity index (χ3v) is 1.21. The van der Waals surface area contributed by atoms with Gasteiger partial charge in [0.15, 0.2) is 0 Å². The third-order valence-electron chi connectivity index (χ3n) is 1.21. The standard InChI is InChI=1S/C6H6.C5H12N/c1-2-4-6-5-3-1;1-5-6(2,3)4/h1-6H;5H,1H2,2-4H3/q;+1. The second-order valence-corrected chi connectivity index (χ2v) is 3.45. The largest absolute Gasteiger partial charge is 0.305 e. The van der Waals surface area contributed by atoms with E-state index in [2.05, 4.69) is 27.7 Å². The Morgan fingerprint density at radius 1 is 0.833 bits per heavy atom. The van der Waals surface area contributed by atoms with Crippen molar-refractivity contribution in [3.63, 3.8) is 0 Å². The zero-order valence-corrected chi connectivity index (χ0v) is 8.20.